The zero-order valence-electron chi connectivity index (χ0n) is 13.9. The topological polar surface area (TPSA) is 179 Å². The molecule has 24 heavy (non-hydrogen) atoms. The standard InChI is InChI=1S/C14H25N3O7/c1-6(2)11(14(23)24)17-12(21)8(4-5-9(19)20)16-13(22)10(15)7(3)18/h6-8,10-11,18H,4-5,15H2,1-3H3,(H,16,22)(H,17,21)(H,19,20)(H,23,24)/t7-,8-,10-,11+/m0/s1. The Kier molecular flexibility index (Phi) is 8.93. The molecule has 0 aliphatic rings. The van der Waals surface area contributed by atoms with Crippen LogP contribution in [0.5, 0.6) is 0 Å². The first-order valence-corrected chi connectivity index (χ1v) is 7.46. The predicted octanol–water partition coefficient (Wildman–Crippen LogP) is -1.73. The Morgan fingerprint density at radius 2 is 1.54 bits per heavy atom. The largest absolute Gasteiger partial charge is 0.481 e. The van der Waals surface area contributed by atoms with E-state index < -0.39 is 60.3 Å². The summed E-state index contributed by atoms with van der Waals surface area (Å²) in [4.78, 5) is 45.9. The van der Waals surface area contributed by atoms with Crippen molar-refractivity contribution >= 4 is 23.8 Å². The molecule has 4 atom stereocenters. The van der Waals surface area contributed by atoms with Crippen LogP contribution < -0.4 is 16.4 Å². The molecule has 0 saturated carbocycles. The number of amides is 2. The van der Waals surface area contributed by atoms with E-state index in [2.05, 4.69) is 10.6 Å². The Balaban J connectivity index is 5.10. The first-order valence-electron chi connectivity index (χ1n) is 7.46. The highest BCUT2D eigenvalue weighted by Crippen LogP contribution is 2.05. The van der Waals surface area contributed by atoms with E-state index >= 15 is 0 Å². The highest BCUT2D eigenvalue weighted by Gasteiger charge is 2.30. The molecule has 0 aliphatic heterocycles. The number of hydrogen-bond acceptors (Lipinski definition) is 6. The number of carbonyl (C=O) groups is 4. The van der Waals surface area contributed by atoms with E-state index in [-0.39, 0.29) is 6.42 Å². The molecule has 0 bridgehead atoms. The number of carboxylic acid groups (broad SMARTS) is 2. The number of carboxylic acids is 2. The molecule has 0 radical (unpaired) electrons. The third-order valence-electron chi connectivity index (χ3n) is 3.33. The van der Waals surface area contributed by atoms with Crippen molar-refractivity contribution in [1.29, 1.82) is 0 Å². The first-order chi connectivity index (χ1) is 11.0. The Labute approximate surface area is 139 Å². The maximum Gasteiger partial charge on any atom is 0.326 e. The van der Waals surface area contributed by atoms with Gasteiger partial charge in [-0.3, -0.25) is 14.4 Å². The molecule has 10 nitrogen and oxygen atoms in total. The molecule has 0 saturated heterocycles. The average Bonchev–Trinajstić information content (AvgIpc) is 2.46. The molecule has 138 valence electrons. The van der Waals surface area contributed by atoms with Gasteiger partial charge in [0.25, 0.3) is 0 Å². The van der Waals surface area contributed by atoms with Crippen molar-refractivity contribution in [2.24, 2.45) is 11.7 Å². The first kappa shape index (κ1) is 21.8. The highest BCUT2D eigenvalue weighted by molar-refractivity contribution is 5.92. The lowest BCUT2D eigenvalue weighted by Crippen LogP contribution is -2.57. The molecule has 10 heteroatoms. The lowest BCUT2D eigenvalue weighted by atomic mass is 10.0. The Morgan fingerprint density at radius 3 is 1.92 bits per heavy atom. The number of aliphatic hydroxyl groups excluding tert-OH is 1. The van der Waals surface area contributed by atoms with Gasteiger partial charge in [0, 0.05) is 6.42 Å². The smallest absolute Gasteiger partial charge is 0.326 e. The summed E-state index contributed by atoms with van der Waals surface area (Å²) >= 11 is 0. The summed E-state index contributed by atoms with van der Waals surface area (Å²) in [7, 11) is 0. The molecule has 7 N–H and O–H groups in total. The molecular weight excluding hydrogens is 322 g/mol. The third-order valence-corrected chi connectivity index (χ3v) is 3.33. The van der Waals surface area contributed by atoms with Gasteiger partial charge in [-0.25, -0.2) is 4.79 Å². The highest BCUT2D eigenvalue weighted by atomic mass is 16.4. The third kappa shape index (κ3) is 7.38. The van der Waals surface area contributed by atoms with Crippen LogP contribution in [0.3, 0.4) is 0 Å². The molecule has 0 heterocycles. The van der Waals surface area contributed by atoms with Crippen molar-refractivity contribution in [3.05, 3.63) is 0 Å². The summed E-state index contributed by atoms with van der Waals surface area (Å²) in [6.07, 6.45) is -1.83. The fraction of sp³-hybridized carbons (Fsp3) is 0.714. The van der Waals surface area contributed by atoms with E-state index in [0.717, 1.165) is 0 Å². The maximum atomic E-state index is 12.2. The van der Waals surface area contributed by atoms with E-state index in [1.54, 1.807) is 13.8 Å². The van der Waals surface area contributed by atoms with Gasteiger partial charge in [0.05, 0.1) is 6.10 Å². The number of aliphatic hydroxyl groups is 1. The summed E-state index contributed by atoms with van der Waals surface area (Å²) in [5.41, 5.74) is 5.46. The van der Waals surface area contributed by atoms with Crippen LogP contribution >= 0.6 is 0 Å². The minimum Gasteiger partial charge on any atom is -0.481 e. The minimum atomic E-state index is -1.30. The summed E-state index contributed by atoms with van der Waals surface area (Å²) < 4.78 is 0. The summed E-state index contributed by atoms with van der Waals surface area (Å²) in [5.74, 6) is -4.51. The summed E-state index contributed by atoms with van der Waals surface area (Å²) in [6.45, 7) is 4.47. The van der Waals surface area contributed by atoms with Gasteiger partial charge in [0.2, 0.25) is 11.8 Å². The predicted molar refractivity (Wildman–Crippen MR) is 82.9 cm³/mol. The van der Waals surface area contributed by atoms with Gasteiger partial charge in [-0.15, -0.1) is 0 Å². The molecule has 0 spiro atoms. The zero-order chi connectivity index (χ0) is 19.0. The molecule has 0 aromatic rings. The van der Waals surface area contributed by atoms with Gasteiger partial charge < -0.3 is 31.7 Å². The maximum absolute atomic E-state index is 12.2. The van der Waals surface area contributed by atoms with Gasteiger partial charge in [-0.05, 0) is 19.3 Å². The van der Waals surface area contributed by atoms with Crippen molar-refractivity contribution in [3.63, 3.8) is 0 Å². The van der Waals surface area contributed by atoms with Crippen LogP contribution in [-0.2, 0) is 19.2 Å². The Hall–Kier alpha value is -2.20. The van der Waals surface area contributed by atoms with Crippen LogP contribution in [0.1, 0.15) is 33.6 Å². The van der Waals surface area contributed by atoms with Gasteiger partial charge in [-0.1, -0.05) is 13.8 Å². The lowest BCUT2D eigenvalue weighted by Gasteiger charge is -2.24. The number of nitrogens with one attached hydrogen (secondary N) is 2. The fourth-order valence-electron chi connectivity index (χ4n) is 1.79. The van der Waals surface area contributed by atoms with Gasteiger partial charge >= 0.3 is 11.9 Å². The second kappa shape index (κ2) is 9.83. The monoisotopic (exact) mass is 347 g/mol. The normalized spacial score (nSPS) is 15.9. The number of rotatable bonds is 10. The van der Waals surface area contributed by atoms with Crippen LogP contribution in [0.4, 0.5) is 0 Å². The van der Waals surface area contributed by atoms with Crippen LogP contribution in [0.15, 0.2) is 0 Å². The molecule has 0 unspecified atom stereocenters. The van der Waals surface area contributed by atoms with E-state index in [9.17, 15) is 24.3 Å². The van der Waals surface area contributed by atoms with E-state index in [1.807, 2.05) is 0 Å². The van der Waals surface area contributed by atoms with Crippen LogP contribution in [-0.4, -0.2) is 63.3 Å². The van der Waals surface area contributed by atoms with Crippen molar-refractivity contribution in [2.45, 2.75) is 57.8 Å². The van der Waals surface area contributed by atoms with E-state index in [1.165, 1.54) is 6.92 Å². The van der Waals surface area contributed by atoms with Crippen LogP contribution in [0.25, 0.3) is 0 Å². The fourth-order valence-corrected chi connectivity index (χ4v) is 1.79. The number of aliphatic carboxylic acids is 2. The second-order valence-electron chi connectivity index (χ2n) is 5.83. The SMILES string of the molecule is CC(C)[C@@H](NC(=O)[C@H](CCC(=O)O)NC(=O)[C@@H](N)[C@H](C)O)C(=O)O. The number of nitrogens with two attached hydrogens (primary N) is 1. The minimum absolute atomic E-state index is 0.246. The van der Waals surface area contributed by atoms with Gasteiger partial charge in [-0.2, -0.15) is 0 Å². The molecule has 0 rings (SSSR count). The molecular formula is C14H25N3O7. The van der Waals surface area contributed by atoms with Crippen molar-refractivity contribution in [1.82, 2.24) is 10.6 Å². The van der Waals surface area contributed by atoms with Crippen LogP contribution in [0.2, 0.25) is 0 Å². The number of hydrogen-bond donors (Lipinski definition) is 6. The summed E-state index contributed by atoms with van der Waals surface area (Å²) in [5, 5.41) is 31.6. The van der Waals surface area contributed by atoms with Crippen molar-refractivity contribution in [2.75, 3.05) is 0 Å². The molecule has 2 amide bonds. The number of carbonyl (C=O) groups excluding carboxylic acids is 2. The van der Waals surface area contributed by atoms with Gasteiger partial charge in [0.15, 0.2) is 0 Å². The lowest BCUT2D eigenvalue weighted by molar-refractivity contribution is -0.144. The average molecular weight is 347 g/mol. The molecule has 0 aromatic carbocycles. The van der Waals surface area contributed by atoms with Crippen molar-refractivity contribution in [3.8, 4) is 0 Å². The van der Waals surface area contributed by atoms with Gasteiger partial charge in [0.1, 0.15) is 18.1 Å². The van der Waals surface area contributed by atoms with Crippen molar-refractivity contribution < 1.29 is 34.5 Å². The quantitative estimate of drug-likeness (QED) is 0.270. The molecule has 0 fully saturated rings. The molecule has 0 aromatic heterocycles. The van der Waals surface area contributed by atoms with E-state index in [0.29, 0.717) is 0 Å². The van der Waals surface area contributed by atoms with Crippen LogP contribution in [0, 0.1) is 5.92 Å². The summed E-state index contributed by atoms with van der Waals surface area (Å²) in [6, 6.07) is -3.77. The second-order valence-corrected chi connectivity index (χ2v) is 5.83. The van der Waals surface area contributed by atoms with E-state index in [4.69, 9.17) is 15.9 Å². The molecule has 0 aliphatic carbocycles. The zero-order valence-corrected chi connectivity index (χ0v) is 13.9. The Morgan fingerprint density at radius 1 is 1.00 bits per heavy atom. The Bertz CT molecular complexity index is 479.